The predicted octanol–water partition coefficient (Wildman–Crippen LogP) is 2.42. The van der Waals surface area contributed by atoms with Gasteiger partial charge in [-0.25, -0.2) is 4.39 Å². The summed E-state index contributed by atoms with van der Waals surface area (Å²) in [5.74, 6) is -19.3. The molecule has 18 heavy (non-hydrogen) atoms. The van der Waals surface area contributed by atoms with Crippen LogP contribution >= 0.6 is 0 Å². The van der Waals surface area contributed by atoms with Crippen LogP contribution in [0, 0.1) is 0 Å². The summed E-state index contributed by atoms with van der Waals surface area (Å²) in [5, 5.41) is 0. The van der Waals surface area contributed by atoms with Crippen molar-refractivity contribution in [3.8, 4) is 0 Å². The second-order valence-corrected chi connectivity index (χ2v) is 3.99. The molecule has 1 heterocycles. The summed E-state index contributed by atoms with van der Waals surface area (Å²) < 4.78 is 96.2. The van der Waals surface area contributed by atoms with Crippen LogP contribution in [0.15, 0.2) is 11.5 Å². The van der Waals surface area contributed by atoms with Crippen molar-refractivity contribution in [1.82, 2.24) is 4.90 Å². The van der Waals surface area contributed by atoms with Gasteiger partial charge >= 0.3 is 17.8 Å². The lowest BCUT2D eigenvalue weighted by atomic mass is 10.1. The molecule has 0 unspecified atom stereocenters. The average Bonchev–Trinajstić information content (AvgIpc) is 2.37. The van der Waals surface area contributed by atoms with Crippen molar-refractivity contribution >= 4 is 0 Å². The maximum absolute atomic E-state index is 13.3. The van der Waals surface area contributed by atoms with E-state index in [2.05, 4.69) is 0 Å². The number of morpholine rings is 1. The van der Waals surface area contributed by atoms with Gasteiger partial charge in [0.2, 0.25) is 5.83 Å². The molecule has 0 N–H and O–H groups in total. The maximum atomic E-state index is 13.3. The molecule has 0 bridgehead atoms. The SMILES string of the molecule is FC1=C(N2CCOCC2)C(F)(F)C(F)(F)C1(F)F. The molecule has 1 saturated heterocycles. The number of hydrogen-bond acceptors (Lipinski definition) is 2. The molecule has 0 radical (unpaired) electrons. The first-order chi connectivity index (χ1) is 8.14. The third-order valence-electron chi connectivity index (χ3n) is 2.90. The molecular weight excluding hydrogens is 271 g/mol. The lowest BCUT2D eigenvalue weighted by Crippen LogP contribution is -2.51. The van der Waals surface area contributed by atoms with Crippen LogP contribution < -0.4 is 0 Å². The molecule has 1 fully saturated rings. The molecule has 0 aromatic heterocycles. The molecule has 1 aliphatic carbocycles. The van der Waals surface area contributed by atoms with Crippen molar-refractivity contribution in [3.05, 3.63) is 11.5 Å². The molecule has 2 nitrogen and oxygen atoms in total. The van der Waals surface area contributed by atoms with Crippen molar-refractivity contribution in [2.75, 3.05) is 26.3 Å². The summed E-state index contributed by atoms with van der Waals surface area (Å²) in [6.45, 7) is -0.928. The second kappa shape index (κ2) is 3.75. The van der Waals surface area contributed by atoms with E-state index in [9.17, 15) is 30.7 Å². The van der Waals surface area contributed by atoms with E-state index < -0.39 is 29.3 Å². The number of halogens is 7. The van der Waals surface area contributed by atoms with Crippen LogP contribution in [0.25, 0.3) is 0 Å². The molecule has 0 amide bonds. The van der Waals surface area contributed by atoms with Crippen molar-refractivity contribution < 1.29 is 35.5 Å². The Balaban J connectivity index is 2.47. The topological polar surface area (TPSA) is 12.5 Å². The normalized spacial score (nSPS) is 29.8. The van der Waals surface area contributed by atoms with Crippen LogP contribution in [-0.4, -0.2) is 49.0 Å². The Morgan fingerprint density at radius 1 is 0.889 bits per heavy atom. The Morgan fingerprint density at radius 3 is 1.78 bits per heavy atom. The molecule has 1 aliphatic heterocycles. The molecule has 104 valence electrons. The van der Waals surface area contributed by atoms with Gasteiger partial charge in [0.25, 0.3) is 0 Å². The quantitative estimate of drug-likeness (QED) is 0.683. The zero-order valence-corrected chi connectivity index (χ0v) is 8.83. The van der Waals surface area contributed by atoms with E-state index in [4.69, 9.17) is 4.74 Å². The van der Waals surface area contributed by atoms with Gasteiger partial charge < -0.3 is 9.64 Å². The Labute approximate surface area is 97.0 Å². The largest absolute Gasteiger partial charge is 0.384 e. The Bertz CT molecular complexity index is 386. The van der Waals surface area contributed by atoms with Gasteiger partial charge in [-0.3, -0.25) is 0 Å². The Kier molecular flexibility index (Phi) is 2.80. The molecular formula is C9H8F7NO. The third-order valence-corrected chi connectivity index (χ3v) is 2.90. The summed E-state index contributed by atoms with van der Waals surface area (Å²) in [5.41, 5.74) is -1.93. The number of hydrogen-bond donors (Lipinski definition) is 0. The summed E-state index contributed by atoms with van der Waals surface area (Å²) in [6.07, 6.45) is 0. The third kappa shape index (κ3) is 1.45. The van der Waals surface area contributed by atoms with E-state index in [1.54, 1.807) is 0 Å². The molecule has 0 aromatic rings. The highest BCUT2D eigenvalue weighted by Gasteiger charge is 2.82. The van der Waals surface area contributed by atoms with E-state index >= 15 is 0 Å². The van der Waals surface area contributed by atoms with Crippen molar-refractivity contribution in [3.63, 3.8) is 0 Å². The van der Waals surface area contributed by atoms with Gasteiger partial charge in [-0.1, -0.05) is 0 Å². The molecule has 9 heteroatoms. The monoisotopic (exact) mass is 279 g/mol. The van der Waals surface area contributed by atoms with Crippen molar-refractivity contribution in [2.24, 2.45) is 0 Å². The smallest absolute Gasteiger partial charge is 0.378 e. The van der Waals surface area contributed by atoms with Crippen LogP contribution in [0.2, 0.25) is 0 Å². The lowest BCUT2D eigenvalue weighted by Gasteiger charge is -2.33. The van der Waals surface area contributed by atoms with Crippen LogP contribution in [0.1, 0.15) is 0 Å². The van der Waals surface area contributed by atoms with E-state index in [0.717, 1.165) is 0 Å². The van der Waals surface area contributed by atoms with E-state index in [-0.39, 0.29) is 26.3 Å². The highest BCUT2D eigenvalue weighted by atomic mass is 19.3. The van der Waals surface area contributed by atoms with Gasteiger partial charge in [0.1, 0.15) is 5.70 Å². The zero-order chi connectivity index (χ0) is 13.8. The predicted molar refractivity (Wildman–Crippen MR) is 45.4 cm³/mol. The number of ether oxygens (including phenoxy) is 1. The highest BCUT2D eigenvalue weighted by Crippen LogP contribution is 2.60. The summed E-state index contributed by atoms with van der Waals surface area (Å²) in [6, 6.07) is 0. The van der Waals surface area contributed by atoms with Gasteiger partial charge in [0.05, 0.1) is 13.2 Å². The van der Waals surface area contributed by atoms with Crippen LogP contribution in [-0.2, 0) is 4.74 Å². The van der Waals surface area contributed by atoms with E-state index in [1.165, 1.54) is 0 Å². The number of nitrogens with zero attached hydrogens (tertiary/aromatic N) is 1. The fraction of sp³-hybridized carbons (Fsp3) is 0.778. The first kappa shape index (κ1) is 13.4. The standard InChI is InChI=1S/C9H8F7NO/c10-5-6(17-1-3-18-4-2-17)8(13,14)9(15,16)7(5,11)12/h1-4H2. The molecule has 0 saturated carbocycles. The maximum Gasteiger partial charge on any atom is 0.384 e. The molecule has 0 aromatic carbocycles. The molecule has 0 atom stereocenters. The second-order valence-electron chi connectivity index (χ2n) is 3.99. The number of rotatable bonds is 1. The fourth-order valence-corrected chi connectivity index (χ4v) is 1.89. The van der Waals surface area contributed by atoms with Crippen molar-refractivity contribution in [2.45, 2.75) is 17.8 Å². The lowest BCUT2D eigenvalue weighted by molar-refractivity contribution is -0.271. The molecule has 2 aliphatic rings. The minimum absolute atomic E-state index is 0.121. The van der Waals surface area contributed by atoms with Gasteiger partial charge in [0.15, 0.2) is 0 Å². The van der Waals surface area contributed by atoms with Gasteiger partial charge in [-0.05, 0) is 0 Å². The zero-order valence-electron chi connectivity index (χ0n) is 8.83. The van der Waals surface area contributed by atoms with Crippen LogP contribution in [0.3, 0.4) is 0 Å². The summed E-state index contributed by atoms with van der Waals surface area (Å²) >= 11 is 0. The number of alkyl halides is 6. The van der Waals surface area contributed by atoms with E-state index in [0.29, 0.717) is 4.90 Å². The fourth-order valence-electron chi connectivity index (χ4n) is 1.89. The Morgan fingerprint density at radius 2 is 1.39 bits per heavy atom. The van der Waals surface area contributed by atoms with Gasteiger partial charge in [-0.2, -0.15) is 26.3 Å². The minimum Gasteiger partial charge on any atom is -0.378 e. The summed E-state index contributed by atoms with van der Waals surface area (Å²) in [7, 11) is 0. The van der Waals surface area contributed by atoms with E-state index in [1.807, 2.05) is 0 Å². The average molecular weight is 279 g/mol. The first-order valence-electron chi connectivity index (χ1n) is 5.01. The highest BCUT2D eigenvalue weighted by molar-refractivity contribution is 5.36. The van der Waals surface area contributed by atoms with Gasteiger partial charge in [0, 0.05) is 13.1 Å². The Hall–Kier alpha value is -0.990. The summed E-state index contributed by atoms with van der Waals surface area (Å²) in [4.78, 5) is 0.480. The minimum atomic E-state index is -5.77. The van der Waals surface area contributed by atoms with Crippen molar-refractivity contribution in [1.29, 1.82) is 0 Å². The molecule has 0 spiro atoms. The first-order valence-corrected chi connectivity index (χ1v) is 5.01. The number of allylic oxidation sites excluding steroid dienone is 2. The van der Waals surface area contributed by atoms with Crippen LogP contribution in [0.4, 0.5) is 30.7 Å². The van der Waals surface area contributed by atoms with Gasteiger partial charge in [-0.15, -0.1) is 0 Å². The molecule has 2 rings (SSSR count). The van der Waals surface area contributed by atoms with Crippen LogP contribution in [0.5, 0.6) is 0 Å².